The van der Waals surface area contributed by atoms with Crippen molar-refractivity contribution in [2.24, 2.45) is 17.8 Å². The van der Waals surface area contributed by atoms with Crippen LogP contribution in [-0.2, 0) is 11.2 Å². The van der Waals surface area contributed by atoms with E-state index in [1.54, 1.807) is 20.3 Å². The third-order valence-corrected chi connectivity index (χ3v) is 4.28. The summed E-state index contributed by atoms with van der Waals surface area (Å²) in [5.41, 5.74) is 0.997. The predicted octanol–water partition coefficient (Wildman–Crippen LogP) is 3.26. The minimum absolute atomic E-state index is 0.190. The van der Waals surface area contributed by atoms with Crippen LogP contribution in [0.2, 0.25) is 5.02 Å². The Labute approximate surface area is 123 Å². The highest BCUT2D eigenvalue weighted by Gasteiger charge is 2.46. The highest BCUT2D eigenvalue weighted by atomic mass is 35.5. The van der Waals surface area contributed by atoms with Gasteiger partial charge in [-0.1, -0.05) is 18.5 Å². The molecular weight excluding hydrogens is 280 g/mol. The van der Waals surface area contributed by atoms with Gasteiger partial charge in [-0.25, -0.2) is 0 Å². The van der Waals surface area contributed by atoms with Gasteiger partial charge in [-0.05, 0) is 36.3 Å². The summed E-state index contributed by atoms with van der Waals surface area (Å²) in [5.74, 6) is 0.984. The molecule has 0 bridgehead atoms. The van der Waals surface area contributed by atoms with Crippen molar-refractivity contribution in [1.82, 2.24) is 0 Å². The van der Waals surface area contributed by atoms with Crippen LogP contribution in [0.25, 0.3) is 0 Å². The topological polar surface area (TPSA) is 55.8 Å². The zero-order valence-electron chi connectivity index (χ0n) is 11.9. The normalized spacial score (nSPS) is 22.2. The summed E-state index contributed by atoms with van der Waals surface area (Å²) < 4.78 is 10.6. The Kier molecular flexibility index (Phi) is 4.43. The first kappa shape index (κ1) is 15.0. The zero-order chi connectivity index (χ0) is 14.9. The fraction of sp³-hybridized carbons (Fsp3) is 0.533. The van der Waals surface area contributed by atoms with Crippen molar-refractivity contribution in [3.63, 3.8) is 0 Å². The van der Waals surface area contributed by atoms with Gasteiger partial charge in [0.05, 0.1) is 25.2 Å². The first-order valence-electron chi connectivity index (χ1n) is 6.61. The van der Waals surface area contributed by atoms with Crippen LogP contribution in [0.3, 0.4) is 0 Å². The van der Waals surface area contributed by atoms with E-state index in [0.717, 1.165) is 24.2 Å². The number of hydrogen-bond donors (Lipinski definition) is 1. The zero-order valence-corrected chi connectivity index (χ0v) is 12.6. The van der Waals surface area contributed by atoms with E-state index in [1.165, 1.54) is 0 Å². The number of hydrogen-bond acceptors (Lipinski definition) is 3. The second-order valence-corrected chi connectivity index (χ2v) is 5.73. The fourth-order valence-corrected chi connectivity index (χ4v) is 2.94. The van der Waals surface area contributed by atoms with E-state index < -0.39 is 5.97 Å². The van der Waals surface area contributed by atoms with Gasteiger partial charge in [0.2, 0.25) is 0 Å². The lowest BCUT2D eigenvalue weighted by atomic mass is 9.94. The number of aliphatic carboxylic acids is 1. The molecule has 1 N–H and O–H groups in total. The molecule has 3 unspecified atom stereocenters. The summed E-state index contributed by atoms with van der Waals surface area (Å²) in [6, 6.07) is 3.61. The van der Waals surface area contributed by atoms with Gasteiger partial charge in [0.1, 0.15) is 11.5 Å². The molecular formula is C15H19ClO4. The lowest BCUT2D eigenvalue weighted by Gasteiger charge is -2.16. The summed E-state index contributed by atoms with van der Waals surface area (Å²) in [6.45, 7) is 2.08. The standard InChI is InChI=1S/C15H19ClO4/c1-8(10-6-11(10)15(17)18)4-9-5-14(20-3)12(16)7-13(9)19-2/h5,7-8,10-11H,4,6H2,1-3H3,(H,17,18). The molecule has 0 heterocycles. The van der Waals surface area contributed by atoms with E-state index in [0.29, 0.717) is 10.8 Å². The Morgan fingerprint density at radius 3 is 2.55 bits per heavy atom. The molecule has 0 saturated heterocycles. The number of rotatable bonds is 6. The Morgan fingerprint density at radius 1 is 1.40 bits per heavy atom. The van der Waals surface area contributed by atoms with E-state index in [1.807, 2.05) is 6.07 Å². The minimum Gasteiger partial charge on any atom is -0.496 e. The number of methoxy groups -OCH3 is 2. The monoisotopic (exact) mass is 298 g/mol. The first-order valence-corrected chi connectivity index (χ1v) is 6.99. The lowest BCUT2D eigenvalue weighted by molar-refractivity contribution is -0.139. The third-order valence-electron chi connectivity index (χ3n) is 3.98. The van der Waals surface area contributed by atoms with Crippen molar-refractivity contribution in [2.75, 3.05) is 14.2 Å². The number of carboxylic acid groups (broad SMARTS) is 1. The van der Waals surface area contributed by atoms with E-state index >= 15 is 0 Å². The molecule has 20 heavy (non-hydrogen) atoms. The van der Waals surface area contributed by atoms with Gasteiger partial charge in [0, 0.05) is 6.07 Å². The van der Waals surface area contributed by atoms with Crippen molar-refractivity contribution >= 4 is 17.6 Å². The van der Waals surface area contributed by atoms with E-state index in [9.17, 15) is 4.79 Å². The molecule has 1 aliphatic carbocycles. The van der Waals surface area contributed by atoms with Gasteiger partial charge >= 0.3 is 5.97 Å². The van der Waals surface area contributed by atoms with Crippen LogP contribution in [0.1, 0.15) is 18.9 Å². The second-order valence-electron chi connectivity index (χ2n) is 5.32. The number of benzene rings is 1. The minimum atomic E-state index is -0.692. The molecule has 5 heteroatoms. The van der Waals surface area contributed by atoms with Gasteiger partial charge in [0.15, 0.2) is 0 Å². The highest BCUT2D eigenvalue weighted by Crippen LogP contribution is 2.46. The molecule has 1 aromatic rings. The van der Waals surface area contributed by atoms with E-state index in [-0.39, 0.29) is 17.8 Å². The summed E-state index contributed by atoms with van der Waals surface area (Å²) >= 11 is 6.07. The van der Waals surface area contributed by atoms with E-state index in [2.05, 4.69) is 6.92 Å². The van der Waals surface area contributed by atoms with Crippen LogP contribution in [0, 0.1) is 17.8 Å². The molecule has 1 aromatic carbocycles. The maximum absolute atomic E-state index is 10.9. The smallest absolute Gasteiger partial charge is 0.306 e. The third kappa shape index (κ3) is 3.01. The van der Waals surface area contributed by atoms with Crippen LogP contribution < -0.4 is 9.47 Å². The number of halogens is 1. The average Bonchev–Trinajstić information content (AvgIpc) is 3.20. The largest absolute Gasteiger partial charge is 0.496 e. The molecule has 1 aliphatic rings. The van der Waals surface area contributed by atoms with Crippen LogP contribution in [0.5, 0.6) is 11.5 Å². The fourth-order valence-electron chi connectivity index (χ4n) is 2.71. The van der Waals surface area contributed by atoms with Crippen LogP contribution in [0.4, 0.5) is 0 Å². The predicted molar refractivity (Wildman–Crippen MR) is 76.7 cm³/mol. The summed E-state index contributed by atoms with van der Waals surface area (Å²) in [4.78, 5) is 10.9. The van der Waals surface area contributed by atoms with Gasteiger partial charge in [-0.2, -0.15) is 0 Å². The molecule has 4 nitrogen and oxygen atoms in total. The molecule has 110 valence electrons. The average molecular weight is 299 g/mol. The van der Waals surface area contributed by atoms with Gasteiger partial charge in [0.25, 0.3) is 0 Å². The summed E-state index contributed by atoms with van der Waals surface area (Å²) in [6.07, 6.45) is 1.52. The highest BCUT2D eigenvalue weighted by molar-refractivity contribution is 6.32. The molecule has 0 aromatic heterocycles. The summed E-state index contributed by atoms with van der Waals surface area (Å²) in [7, 11) is 3.17. The van der Waals surface area contributed by atoms with Crippen molar-refractivity contribution in [3.8, 4) is 11.5 Å². The number of ether oxygens (including phenoxy) is 2. The molecule has 3 atom stereocenters. The molecule has 0 amide bonds. The van der Waals surface area contributed by atoms with Gasteiger partial charge < -0.3 is 14.6 Å². The molecule has 0 radical (unpaired) electrons. The second kappa shape index (κ2) is 5.92. The lowest BCUT2D eigenvalue weighted by Crippen LogP contribution is -2.09. The van der Waals surface area contributed by atoms with Crippen LogP contribution in [0.15, 0.2) is 12.1 Å². The van der Waals surface area contributed by atoms with Crippen molar-refractivity contribution in [3.05, 3.63) is 22.7 Å². The van der Waals surface area contributed by atoms with Crippen molar-refractivity contribution in [2.45, 2.75) is 19.8 Å². The quantitative estimate of drug-likeness (QED) is 0.876. The Morgan fingerprint density at radius 2 is 2.05 bits per heavy atom. The maximum Gasteiger partial charge on any atom is 0.306 e. The Hall–Kier alpha value is -1.42. The molecule has 2 rings (SSSR count). The molecule has 0 aliphatic heterocycles. The van der Waals surface area contributed by atoms with Crippen LogP contribution >= 0.6 is 11.6 Å². The summed E-state index contributed by atoms with van der Waals surface area (Å²) in [5, 5.41) is 9.51. The first-order chi connectivity index (χ1) is 9.47. The van der Waals surface area contributed by atoms with Gasteiger partial charge in [-0.15, -0.1) is 0 Å². The van der Waals surface area contributed by atoms with Gasteiger partial charge in [-0.3, -0.25) is 4.79 Å². The number of carboxylic acids is 1. The van der Waals surface area contributed by atoms with E-state index in [4.69, 9.17) is 26.2 Å². The van der Waals surface area contributed by atoms with Crippen LogP contribution in [-0.4, -0.2) is 25.3 Å². The van der Waals surface area contributed by atoms with Crippen molar-refractivity contribution < 1.29 is 19.4 Å². The molecule has 1 fully saturated rings. The number of carbonyl (C=O) groups is 1. The maximum atomic E-state index is 10.9. The Balaban J connectivity index is 2.14. The SMILES string of the molecule is COc1cc(CC(C)C2CC2C(=O)O)c(OC)cc1Cl. The van der Waals surface area contributed by atoms with Crippen molar-refractivity contribution in [1.29, 1.82) is 0 Å². The molecule has 0 spiro atoms. The Bertz CT molecular complexity index is 515. The molecule has 1 saturated carbocycles.